The Bertz CT molecular complexity index is 865. The lowest BCUT2D eigenvalue weighted by molar-refractivity contribution is 0.101. The van der Waals surface area contributed by atoms with Crippen LogP contribution in [0.2, 0.25) is 0 Å². The van der Waals surface area contributed by atoms with Gasteiger partial charge in [0.05, 0.1) is 29.4 Å². The molecule has 140 valence electrons. The smallest absolute Gasteiger partial charge is 0.253 e. The summed E-state index contributed by atoms with van der Waals surface area (Å²) in [6, 6.07) is 10.5. The zero-order chi connectivity index (χ0) is 18.7. The largest absolute Gasteiger partial charge is 0.390 e. The minimum absolute atomic E-state index is 0.107. The number of aliphatic hydroxyl groups is 1. The van der Waals surface area contributed by atoms with Crippen LogP contribution >= 0.6 is 11.0 Å². The molecule has 1 aliphatic carbocycles. The first kappa shape index (κ1) is 17.5. The number of alkyl halides is 2. The maximum absolute atomic E-state index is 13.3. The highest BCUT2D eigenvalue weighted by atomic mass is 32.3. The van der Waals surface area contributed by atoms with Crippen LogP contribution in [0.15, 0.2) is 36.4 Å². The summed E-state index contributed by atoms with van der Waals surface area (Å²) >= 11 is 0. The molecule has 0 saturated heterocycles. The quantitative estimate of drug-likeness (QED) is 0.747. The molecule has 1 aromatic carbocycles. The molecular weight excluding hydrogens is 364 g/mol. The van der Waals surface area contributed by atoms with Crippen molar-refractivity contribution in [1.82, 2.24) is 4.98 Å². The molecule has 1 aliphatic heterocycles. The first-order chi connectivity index (χ1) is 12.2. The zero-order valence-corrected chi connectivity index (χ0v) is 14.8. The molecule has 0 spiro atoms. The molecule has 1 fully saturated rings. The number of aromatic nitrogens is 1. The Labute approximate surface area is 151 Å². The molecular formula is C17H19F2N3O3S. The fourth-order valence-corrected chi connectivity index (χ4v) is 4.66. The van der Waals surface area contributed by atoms with Gasteiger partial charge in [0.25, 0.3) is 5.92 Å². The molecule has 1 unspecified atom stereocenters. The molecule has 1 saturated carbocycles. The molecule has 2 aromatic rings. The Morgan fingerprint density at radius 3 is 2.62 bits per heavy atom. The van der Waals surface area contributed by atoms with Crippen LogP contribution in [0.4, 0.5) is 20.2 Å². The van der Waals surface area contributed by atoms with Crippen LogP contribution in [-0.4, -0.2) is 38.7 Å². The molecule has 4 rings (SSSR count). The molecule has 0 amide bonds. The molecule has 6 nitrogen and oxygen atoms in total. The minimum atomic E-state index is -3.37. The molecule has 0 radical (unpaired) electrons. The van der Waals surface area contributed by atoms with Gasteiger partial charge in [-0.05, 0) is 35.2 Å². The van der Waals surface area contributed by atoms with E-state index in [1.165, 1.54) is 15.7 Å². The summed E-state index contributed by atoms with van der Waals surface area (Å²) in [6.07, 6.45) is -0.228. The average Bonchev–Trinajstić information content (AvgIpc) is 3.19. The number of rotatable bonds is 4. The van der Waals surface area contributed by atoms with E-state index in [9.17, 15) is 23.0 Å². The summed E-state index contributed by atoms with van der Waals surface area (Å²) < 4.78 is 50.3. The van der Waals surface area contributed by atoms with E-state index in [-0.39, 0.29) is 19.6 Å². The predicted octanol–water partition coefficient (Wildman–Crippen LogP) is 3.73. The highest BCUT2D eigenvalue weighted by Gasteiger charge is 2.59. The second-order valence-electron chi connectivity index (χ2n) is 6.59. The number of halogens is 2. The van der Waals surface area contributed by atoms with Crippen LogP contribution in [0.1, 0.15) is 12.1 Å². The second kappa shape index (κ2) is 5.78. The third-order valence-electron chi connectivity index (χ3n) is 4.85. The molecule has 3 N–H and O–H groups in total. The van der Waals surface area contributed by atoms with Crippen molar-refractivity contribution in [2.24, 2.45) is 5.92 Å². The van der Waals surface area contributed by atoms with Crippen molar-refractivity contribution in [1.29, 1.82) is 0 Å². The van der Waals surface area contributed by atoms with Gasteiger partial charge in [-0.1, -0.05) is 12.1 Å². The molecule has 2 heterocycles. The van der Waals surface area contributed by atoms with E-state index in [0.717, 1.165) is 5.56 Å². The van der Waals surface area contributed by atoms with Crippen molar-refractivity contribution in [3.8, 4) is 11.3 Å². The number of benzene rings is 1. The van der Waals surface area contributed by atoms with Gasteiger partial charge in [-0.3, -0.25) is 22.7 Å². The lowest BCUT2D eigenvalue weighted by Crippen LogP contribution is -2.33. The van der Waals surface area contributed by atoms with Gasteiger partial charge >= 0.3 is 0 Å². The standard InChI is InChI=1S/C17H19F2N3O3S/c1-21-16-7-11(14-4-2-3-13(10-23)20-14)5-6-15(16)22(26(21,24)25)9-12-8-17(12,18)19/h2-7,12,23-25H,8-10H2,1H3. The second-order valence-corrected chi connectivity index (χ2v) is 8.55. The number of nitrogens with zero attached hydrogens (tertiary/aromatic N) is 3. The maximum Gasteiger partial charge on any atom is 0.253 e. The highest BCUT2D eigenvalue weighted by Crippen LogP contribution is 2.62. The van der Waals surface area contributed by atoms with E-state index in [2.05, 4.69) is 4.98 Å². The lowest BCUT2D eigenvalue weighted by Gasteiger charge is -2.42. The van der Waals surface area contributed by atoms with Gasteiger partial charge in [-0.15, -0.1) is 0 Å². The van der Waals surface area contributed by atoms with Crippen molar-refractivity contribution < 1.29 is 23.0 Å². The van der Waals surface area contributed by atoms with Crippen molar-refractivity contribution in [3.05, 3.63) is 42.1 Å². The Kier molecular flexibility index (Phi) is 3.88. The number of anilines is 2. The van der Waals surface area contributed by atoms with Gasteiger partial charge in [0, 0.05) is 31.5 Å². The van der Waals surface area contributed by atoms with E-state index in [1.807, 2.05) is 0 Å². The van der Waals surface area contributed by atoms with Gasteiger partial charge in [0.15, 0.2) is 0 Å². The molecule has 0 bridgehead atoms. The summed E-state index contributed by atoms with van der Waals surface area (Å²) in [5.74, 6) is -3.60. The average molecular weight is 383 g/mol. The molecule has 1 atom stereocenters. The van der Waals surface area contributed by atoms with Crippen LogP contribution in [0.3, 0.4) is 0 Å². The number of aliphatic hydroxyl groups excluding tert-OH is 1. The fraction of sp³-hybridized carbons (Fsp3) is 0.353. The minimum Gasteiger partial charge on any atom is -0.390 e. The van der Waals surface area contributed by atoms with Crippen molar-refractivity contribution >= 4 is 22.3 Å². The number of pyridine rings is 1. The van der Waals surface area contributed by atoms with Crippen LogP contribution in [0, 0.1) is 5.92 Å². The highest BCUT2D eigenvalue weighted by molar-refractivity contribution is 8.26. The van der Waals surface area contributed by atoms with Gasteiger partial charge in [0.2, 0.25) is 0 Å². The van der Waals surface area contributed by atoms with Crippen LogP contribution in [0.5, 0.6) is 0 Å². The molecule has 2 aliphatic rings. The first-order valence-electron chi connectivity index (χ1n) is 8.13. The molecule has 1 aromatic heterocycles. The first-order valence-corrected chi connectivity index (χ1v) is 9.59. The maximum atomic E-state index is 13.3. The Balaban J connectivity index is 1.70. The Morgan fingerprint density at radius 2 is 1.96 bits per heavy atom. The van der Waals surface area contributed by atoms with E-state index in [0.29, 0.717) is 22.8 Å². The Morgan fingerprint density at radius 1 is 1.23 bits per heavy atom. The Hall–Kier alpha value is -1.94. The van der Waals surface area contributed by atoms with E-state index in [4.69, 9.17) is 0 Å². The SMILES string of the molecule is CN1c2cc(-c3cccc(CO)n3)ccc2N(CC2CC2(F)F)S1(O)O. The number of hydrogen-bond donors (Lipinski definition) is 3. The van der Waals surface area contributed by atoms with Gasteiger partial charge in [-0.2, -0.15) is 0 Å². The summed E-state index contributed by atoms with van der Waals surface area (Å²) in [5, 5.41) is 9.24. The van der Waals surface area contributed by atoms with Crippen LogP contribution in [-0.2, 0) is 6.61 Å². The predicted molar refractivity (Wildman–Crippen MR) is 97.2 cm³/mol. The number of fused-ring (bicyclic) bond motifs is 1. The van der Waals surface area contributed by atoms with Crippen molar-refractivity contribution in [3.63, 3.8) is 0 Å². The topological polar surface area (TPSA) is 80.1 Å². The van der Waals surface area contributed by atoms with Gasteiger partial charge < -0.3 is 5.11 Å². The third kappa shape index (κ3) is 2.71. The van der Waals surface area contributed by atoms with Crippen molar-refractivity contribution in [2.45, 2.75) is 19.0 Å². The summed E-state index contributed by atoms with van der Waals surface area (Å²) in [5.41, 5.74) is 2.95. The van der Waals surface area contributed by atoms with Crippen molar-refractivity contribution in [2.75, 3.05) is 22.2 Å². The van der Waals surface area contributed by atoms with Gasteiger partial charge in [0.1, 0.15) is 0 Å². The summed E-state index contributed by atoms with van der Waals surface area (Å²) in [6.45, 7) is -0.285. The van der Waals surface area contributed by atoms with Crippen LogP contribution in [0.25, 0.3) is 11.3 Å². The lowest BCUT2D eigenvalue weighted by atomic mass is 10.1. The summed E-state index contributed by atoms with van der Waals surface area (Å²) in [7, 11) is -1.84. The van der Waals surface area contributed by atoms with E-state index >= 15 is 0 Å². The molecule has 9 heteroatoms. The normalized spacial score (nSPS) is 23.7. The van der Waals surface area contributed by atoms with E-state index < -0.39 is 22.8 Å². The van der Waals surface area contributed by atoms with E-state index in [1.54, 1.807) is 36.4 Å². The fourth-order valence-electron chi connectivity index (χ4n) is 3.15. The monoisotopic (exact) mass is 383 g/mol. The summed E-state index contributed by atoms with van der Waals surface area (Å²) in [4.78, 5) is 4.35. The molecule has 26 heavy (non-hydrogen) atoms. The zero-order valence-electron chi connectivity index (χ0n) is 14.0. The number of hydrogen-bond acceptors (Lipinski definition) is 6. The van der Waals surface area contributed by atoms with Gasteiger partial charge in [-0.25, -0.2) is 8.78 Å². The van der Waals surface area contributed by atoms with Crippen LogP contribution < -0.4 is 8.61 Å². The third-order valence-corrected chi connectivity index (χ3v) is 6.72.